The second kappa shape index (κ2) is 9.90. The summed E-state index contributed by atoms with van der Waals surface area (Å²) in [5, 5.41) is 10.3. The highest BCUT2D eigenvalue weighted by Crippen LogP contribution is 2.40. The molecule has 2 aromatic rings. The van der Waals surface area contributed by atoms with Crippen LogP contribution in [0.15, 0.2) is 12.3 Å². The Labute approximate surface area is 155 Å². The Kier molecular flexibility index (Phi) is 8.57. The van der Waals surface area contributed by atoms with Gasteiger partial charge in [0.15, 0.2) is 6.61 Å². The van der Waals surface area contributed by atoms with Crippen LogP contribution in [0.1, 0.15) is 19.4 Å². The lowest BCUT2D eigenvalue weighted by molar-refractivity contribution is 0.372. The van der Waals surface area contributed by atoms with E-state index in [0.717, 1.165) is 16.5 Å². The summed E-state index contributed by atoms with van der Waals surface area (Å²) < 4.78 is 21.3. The minimum absolute atomic E-state index is 0.0615. The average molecular weight is 390 g/mol. The van der Waals surface area contributed by atoms with Crippen LogP contribution in [0, 0.1) is 18.3 Å². The quantitative estimate of drug-likeness (QED) is 0.809. The molecule has 1 atom stereocenters. The lowest BCUT2D eigenvalue weighted by atomic mass is 10.1. The van der Waals surface area contributed by atoms with Crippen LogP contribution in [0.2, 0.25) is 10.0 Å². The number of nitrogens with zero attached hydrogens (tertiary/aromatic N) is 2. The molecule has 24 heavy (non-hydrogen) atoms. The summed E-state index contributed by atoms with van der Waals surface area (Å²) in [6.07, 6.45) is 3.52. The largest absolute Gasteiger partial charge is 0.478 e. The van der Waals surface area contributed by atoms with E-state index in [2.05, 4.69) is 4.72 Å². The molecule has 0 fully saturated rings. The van der Waals surface area contributed by atoms with Crippen molar-refractivity contribution >= 4 is 45.1 Å². The van der Waals surface area contributed by atoms with E-state index in [1.54, 1.807) is 12.3 Å². The Bertz CT molecular complexity index is 769. The number of hydrogen-bond acceptors (Lipinski definition) is 3. The molecule has 2 rings (SSSR count). The van der Waals surface area contributed by atoms with Crippen molar-refractivity contribution in [1.29, 1.82) is 5.26 Å². The molecule has 1 unspecified atom stereocenters. The first kappa shape index (κ1) is 20.8. The third-order valence-corrected chi connectivity index (χ3v) is 4.53. The molecule has 0 aliphatic heterocycles. The molecule has 0 radical (unpaired) electrons. The molecule has 1 N–H and O–H groups in total. The molecule has 0 spiro atoms. The zero-order valence-corrected chi connectivity index (χ0v) is 16.5. The van der Waals surface area contributed by atoms with Crippen LogP contribution >= 0.6 is 23.2 Å². The molecular weight excluding hydrogens is 369 g/mol. The molecule has 8 heteroatoms. The number of aromatic nitrogens is 1. The smallest absolute Gasteiger partial charge is 0.174 e. The van der Waals surface area contributed by atoms with Crippen molar-refractivity contribution in [2.24, 2.45) is 0 Å². The average Bonchev–Trinajstić information content (AvgIpc) is 2.88. The van der Waals surface area contributed by atoms with Crippen molar-refractivity contribution in [1.82, 2.24) is 9.29 Å². The molecule has 0 aliphatic rings. The van der Waals surface area contributed by atoms with Gasteiger partial charge in [0, 0.05) is 37.0 Å². The molecular formula is C16H21Cl2N3O2S. The number of nitriles is 1. The Morgan fingerprint density at radius 1 is 1.42 bits per heavy atom. The summed E-state index contributed by atoms with van der Waals surface area (Å²) in [5.41, 5.74) is 1.72. The normalized spacial score (nSPS) is 11.5. The summed E-state index contributed by atoms with van der Waals surface area (Å²) in [4.78, 5) is 0. The second-order valence-corrected chi connectivity index (χ2v) is 6.68. The maximum absolute atomic E-state index is 11.1. The molecule has 0 amide bonds. The molecule has 0 aliphatic carbocycles. The Morgan fingerprint density at radius 2 is 2.08 bits per heavy atom. The number of aryl methyl sites for hydroxylation is 1. The van der Waals surface area contributed by atoms with Gasteiger partial charge < -0.3 is 9.30 Å². The third-order valence-electron chi connectivity index (χ3n) is 3.14. The van der Waals surface area contributed by atoms with E-state index in [4.69, 9.17) is 33.2 Å². The SMILES string of the molecule is CC.Cc1cn(CCNS(C)=O)c2c(Cl)c(Cl)cc(OCC#N)c12. The summed E-state index contributed by atoms with van der Waals surface area (Å²) in [6.45, 7) is 6.99. The van der Waals surface area contributed by atoms with Gasteiger partial charge in [0.2, 0.25) is 0 Å². The second-order valence-electron chi connectivity index (χ2n) is 4.69. The standard InChI is InChI=1S/C14H15Cl2N3O2S.C2H6/c1-9-8-19(5-4-18-22(2)20)14-12(9)11(21-6-3-17)7-10(15)13(14)16;1-2/h7-8,18H,4-6H2,1-2H3;1-2H3. The van der Waals surface area contributed by atoms with E-state index in [0.29, 0.717) is 28.9 Å². The Morgan fingerprint density at radius 3 is 2.67 bits per heavy atom. The van der Waals surface area contributed by atoms with Gasteiger partial charge in [0.25, 0.3) is 0 Å². The predicted octanol–water partition coefficient (Wildman–Crippen LogP) is 4.07. The van der Waals surface area contributed by atoms with Crippen LogP contribution in [0.3, 0.4) is 0 Å². The number of nitrogens with one attached hydrogen (secondary N) is 1. The van der Waals surface area contributed by atoms with Crippen molar-refractivity contribution in [3.8, 4) is 11.8 Å². The first-order valence-electron chi connectivity index (χ1n) is 7.49. The molecule has 5 nitrogen and oxygen atoms in total. The fraction of sp³-hybridized carbons (Fsp3) is 0.438. The highest BCUT2D eigenvalue weighted by Gasteiger charge is 2.17. The summed E-state index contributed by atoms with van der Waals surface area (Å²) >= 11 is 12.5. The summed E-state index contributed by atoms with van der Waals surface area (Å²) in [5.74, 6) is 0.536. The van der Waals surface area contributed by atoms with Crippen LogP contribution in [0.4, 0.5) is 0 Å². The first-order chi connectivity index (χ1) is 11.5. The fourth-order valence-corrected chi connectivity index (χ4v) is 3.14. The van der Waals surface area contributed by atoms with Gasteiger partial charge >= 0.3 is 0 Å². The van der Waals surface area contributed by atoms with Crippen LogP contribution in [0.25, 0.3) is 10.9 Å². The zero-order chi connectivity index (χ0) is 18.3. The Hall–Kier alpha value is -1.26. The zero-order valence-electron chi connectivity index (χ0n) is 14.2. The van der Waals surface area contributed by atoms with Crippen molar-refractivity contribution < 1.29 is 8.95 Å². The number of fused-ring (bicyclic) bond motifs is 1. The topological polar surface area (TPSA) is 67.1 Å². The maximum atomic E-state index is 11.1. The molecule has 0 saturated carbocycles. The molecule has 0 bridgehead atoms. The van der Waals surface area contributed by atoms with Crippen LogP contribution in [-0.4, -0.2) is 28.2 Å². The monoisotopic (exact) mass is 389 g/mol. The molecule has 132 valence electrons. The Balaban J connectivity index is 0.00000139. The molecule has 0 saturated heterocycles. The van der Waals surface area contributed by atoms with Gasteiger partial charge in [-0.15, -0.1) is 0 Å². The van der Waals surface area contributed by atoms with E-state index < -0.39 is 11.0 Å². The number of halogens is 2. The summed E-state index contributed by atoms with van der Waals surface area (Å²) in [6, 6.07) is 3.56. The van der Waals surface area contributed by atoms with E-state index in [1.165, 1.54) is 0 Å². The van der Waals surface area contributed by atoms with Gasteiger partial charge in [-0.3, -0.25) is 0 Å². The van der Waals surface area contributed by atoms with Gasteiger partial charge in [0.05, 0.1) is 26.5 Å². The first-order valence-corrected chi connectivity index (χ1v) is 9.81. The van der Waals surface area contributed by atoms with Crippen LogP contribution < -0.4 is 9.46 Å². The van der Waals surface area contributed by atoms with Crippen molar-refractivity contribution in [2.75, 3.05) is 19.4 Å². The van der Waals surface area contributed by atoms with Crippen LogP contribution in [-0.2, 0) is 17.5 Å². The molecule has 1 heterocycles. The number of hydrogen-bond donors (Lipinski definition) is 1. The van der Waals surface area contributed by atoms with Crippen molar-refractivity contribution in [2.45, 2.75) is 27.3 Å². The lowest BCUT2D eigenvalue weighted by Crippen LogP contribution is -2.20. The number of rotatable bonds is 6. The molecule has 1 aromatic carbocycles. The van der Waals surface area contributed by atoms with E-state index in [9.17, 15) is 4.21 Å². The van der Waals surface area contributed by atoms with Gasteiger partial charge in [-0.2, -0.15) is 5.26 Å². The number of ether oxygens (including phenoxy) is 1. The van der Waals surface area contributed by atoms with Gasteiger partial charge in [0.1, 0.15) is 11.8 Å². The van der Waals surface area contributed by atoms with E-state index in [-0.39, 0.29) is 6.61 Å². The van der Waals surface area contributed by atoms with E-state index in [1.807, 2.05) is 37.6 Å². The number of benzene rings is 1. The van der Waals surface area contributed by atoms with Gasteiger partial charge in [-0.1, -0.05) is 37.0 Å². The highest BCUT2D eigenvalue weighted by atomic mass is 35.5. The van der Waals surface area contributed by atoms with E-state index >= 15 is 0 Å². The van der Waals surface area contributed by atoms with Crippen LogP contribution in [0.5, 0.6) is 5.75 Å². The minimum Gasteiger partial charge on any atom is -0.478 e. The predicted molar refractivity (Wildman–Crippen MR) is 101 cm³/mol. The lowest BCUT2D eigenvalue weighted by Gasteiger charge is -2.11. The van der Waals surface area contributed by atoms with Crippen molar-refractivity contribution in [3.63, 3.8) is 0 Å². The minimum atomic E-state index is -1.07. The fourth-order valence-electron chi connectivity index (χ4n) is 2.31. The van der Waals surface area contributed by atoms with Gasteiger partial charge in [-0.25, -0.2) is 8.93 Å². The highest BCUT2D eigenvalue weighted by molar-refractivity contribution is 7.82. The maximum Gasteiger partial charge on any atom is 0.174 e. The summed E-state index contributed by atoms with van der Waals surface area (Å²) in [7, 11) is -1.07. The molecule has 1 aromatic heterocycles. The van der Waals surface area contributed by atoms with Crippen molar-refractivity contribution in [3.05, 3.63) is 27.9 Å². The van der Waals surface area contributed by atoms with Gasteiger partial charge in [-0.05, 0) is 12.5 Å². The third kappa shape index (κ3) is 4.87.